The van der Waals surface area contributed by atoms with Crippen molar-refractivity contribution >= 4 is 5.91 Å². The van der Waals surface area contributed by atoms with Gasteiger partial charge >= 0.3 is 0 Å². The number of rotatable bonds is 2. The zero-order valence-electron chi connectivity index (χ0n) is 12.0. The van der Waals surface area contributed by atoms with Crippen LogP contribution in [0.25, 0.3) is 0 Å². The highest BCUT2D eigenvalue weighted by atomic mass is 16.5. The lowest BCUT2D eigenvalue weighted by atomic mass is 10.1. The van der Waals surface area contributed by atoms with Gasteiger partial charge in [0, 0.05) is 6.54 Å². The van der Waals surface area contributed by atoms with Crippen molar-refractivity contribution in [3.05, 3.63) is 11.7 Å². The molecule has 7 heteroatoms. The Morgan fingerprint density at radius 3 is 3.10 bits per heavy atom. The molecule has 3 atom stereocenters. The Balaban J connectivity index is 1.51. The van der Waals surface area contributed by atoms with E-state index in [1.807, 2.05) is 4.90 Å². The molecule has 0 bridgehead atoms. The normalized spacial score (nSPS) is 32.4. The Kier molecular flexibility index (Phi) is 3.39. The van der Waals surface area contributed by atoms with Crippen molar-refractivity contribution < 1.29 is 14.1 Å². The van der Waals surface area contributed by atoms with Crippen molar-refractivity contribution in [1.82, 2.24) is 20.4 Å². The summed E-state index contributed by atoms with van der Waals surface area (Å²) in [6.07, 6.45) is 5.43. The van der Waals surface area contributed by atoms with Crippen molar-refractivity contribution in [3.63, 3.8) is 0 Å². The van der Waals surface area contributed by atoms with Crippen LogP contribution in [-0.2, 0) is 4.74 Å². The van der Waals surface area contributed by atoms with Crippen molar-refractivity contribution in [2.24, 2.45) is 0 Å². The summed E-state index contributed by atoms with van der Waals surface area (Å²) in [4.78, 5) is 18.8. The van der Waals surface area contributed by atoms with Crippen LogP contribution < -0.4 is 5.32 Å². The lowest BCUT2D eigenvalue weighted by molar-refractivity contribution is -0.0450. The Hall–Kier alpha value is -1.47. The van der Waals surface area contributed by atoms with E-state index in [9.17, 15) is 4.79 Å². The standard InChI is InChI=1S/C14H20N4O3/c19-14(18-7-8-20-11-5-1-4-10(11)18)12-16-13(21-17-12)9-3-2-6-15-9/h9-11,15H,1-8H2. The van der Waals surface area contributed by atoms with Gasteiger partial charge in [0.25, 0.3) is 11.7 Å². The number of hydrogen-bond donors (Lipinski definition) is 1. The Morgan fingerprint density at radius 1 is 1.29 bits per heavy atom. The fraction of sp³-hybridized carbons (Fsp3) is 0.786. The van der Waals surface area contributed by atoms with E-state index in [1.54, 1.807) is 0 Å². The summed E-state index contributed by atoms with van der Waals surface area (Å²) < 4.78 is 11.0. The van der Waals surface area contributed by atoms with Gasteiger partial charge in [0.15, 0.2) is 0 Å². The predicted octanol–water partition coefficient (Wildman–Crippen LogP) is 0.888. The first-order valence-corrected chi connectivity index (χ1v) is 7.82. The number of aromatic nitrogens is 2. The predicted molar refractivity (Wildman–Crippen MR) is 72.7 cm³/mol. The summed E-state index contributed by atoms with van der Waals surface area (Å²) in [6, 6.07) is 0.278. The van der Waals surface area contributed by atoms with Crippen molar-refractivity contribution in [1.29, 1.82) is 0 Å². The maximum atomic E-state index is 12.6. The third-order valence-corrected chi connectivity index (χ3v) is 4.73. The maximum absolute atomic E-state index is 12.6. The molecule has 4 rings (SSSR count). The third kappa shape index (κ3) is 2.34. The van der Waals surface area contributed by atoms with Crippen molar-refractivity contribution in [2.45, 2.75) is 50.3 Å². The highest BCUT2D eigenvalue weighted by molar-refractivity contribution is 5.90. The molecular formula is C14H20N4O3. The van der Waals surface area contributed by atoms with Gasteiger partial charge in [-0.1, -0.05) is 5.16 Å². The maximum Gasteiger partial charge on any atom is 0.295 e. The average Bonchev–Trinajstić information content (AvgIpc) is 3.23. The number of carbonyl (C=O) groups excluding carboxylic acids is 1. The van der Waals surface area contributed by atoms with Gasteiger partial charge in [-0.15, -0.1) is 0 Å². The molecule has 1 amide bonds. The molecule has 3 heterocycles. The van der Waals surface area contributed by atoms with E-state index >= 15 is 0 Å². The second kappa shape index (κ2) is 5.38. The fourth-order valence-electron chi connectivity index (χ4n) is 3.67. The minimum Gasteiger partial charge on any atom is -0.374 e. The van der Waals surface area contributed by atoms with Crippen molar-refractivity contribution in [2.75, 3.05) is 19.7 Å². The van der Waals surface area contributed by atoms with Gasteiger partial charge in [-0.2, -0.15) is 4.98 Å². The van der Waals surface area contributed by atoms with Crippen LogP contribution >= 0.6 is 0 Å². The number of nitrogens with one attached hydrogen (secondary N) is 1. The first kappa shape index (κ1) is 13.2. The molecule has 21 heavy (non-hydrogen) atoms. The number of hydrogen-bond acceptors (Lipinski definition) is 6. The largest absolute Gasteiger partial charge is 0.374 e. The van der Waals surface area contributed by atoms with E-state index in [-0.39, 0.29) is 29.9 Å². The highest BCUT2D eigenvalue weighted by Crippen LogP contribution is 2.30. The second-order valence-electron chi connectivity index (χ2n) is 6.01. The third-order valence-electron chi connectivity index (χ3n) is 4.73. The molecule has 1 aromatic rings. The molecule has 0 aromatic carbocycles. The highest BCUT2D eigenvalue weighted by Gasteiger charge is 2.40. The molecule has 0 spiro atoms. The Bertz CT molecular complexity index is 526. The molecule has 0 radical (unpaired) electrons. The van der Waals surface area contributed by atoms with E-state index in [0.29, 0.717) is 19.0 Å². The molecule has 2 saturated heterocycles. The molecule has 3 unspecified atom stereocenters. The molecule has 7 nitrogen and oxygen atoms in total. The molecule has 1 N–H and O–H groups in total. The summed E-state index contributed by atoms with van der Waals surface area (Å²) in [6.45, 7) is 2.18. The topological polar surface area (TPSA) is 80.5 Å². The first-order valence-electron chi connectivity index (χ1n) is 7.82. The minimum absolute atomic E-state index is 0.1000. The number of morpholine rings is 1. The van der Waals surface area contributed by atoms with Gasteiger partial charge < -0.3 is 19.5 Å². The van der Waals surface area contributed by atoms with Crippen LogP contribution in [0, 0.1) is 0 Å². The average molecular weight is 292 g/mol. The summed E-state index contributed by atoms with van der Waals surface area (Å²) in [7, 11) is 0. The van der Waals surface area contributed by atoms with Gasteiger partial charge in [0.2, 0.25) is 5.89 Å². The first-order chi connectivity index (χ1) is 10.3. The number of carbonyl (C=O) groups is 1. The van der Waals surface area contributed by atoms with Crippen LogP contribution in [0.3, 0.4) is 0 Å². The zero-order chi connectivity index (χ0) is 14.2. The smallest absolute Gasteiger partial charge is 0.295 e. The van der Waals surface area contributed by atoms with E-state index in [1.165, 1.54) is 0 Å². The molecule has 1 aromatic heterocycles. The van der Waals surface area contributed by atoms with E-state index < -0.39 is 0 Å². The van der Waals surface area contributed by atoms with E-state index in [2.05, 4.69) is 15.5 Å². The molecule has 2 aliphatic heterocycles. The van der Waals surface area contributed by atoms with Gasteiger partial charge in [-0.25, -0.2) is 0 Å². The molecule has 1 aliphatic carbocycles. The minimum atomic E-state index is -0.122. The second-order valence-corrected chi connectivity index (χ2v) is 6.01. The number of amides is 1. The lowest BCUT2D eigenvalue weighted by Gasteiger charge is -2.36. The zero-order valence-corrected chi connectivity index (χ0v) is 12.0. The van der Waals surface area contributed by atoms with E-state index in [0.717, 1.165) is 38.6 Å². The van der Waals surface area contributed by atoms with Crippen LogP contribution in [0.1, 0.15) is 54.7 Å². The summed E-state index contributed by atoms with van der Waals surface area (Å²) in [5.74, 6) is 0.599. The molecule has 114 valence electrons. The Morgan fingerprint density at radius 2 is 2.24 bits per heavy atom. The number of ether oxygens (including phenoxy) is 1. The summed E-state index contributed by atoms with van der Waals surface area (Å²) >= 11 is 0. The van der Waals surface area contributed by atoms with Gasteiger partial charge in [-0.05, 0) is 38.6 Å². The quantitative estimate of drug-likeness (QED) is 0.872. The number of fused-ring (bicyclic) bond motifs is 1. The number of nitrogens with zero attached hydrogens (tertiary/aromatic N) is 3. The molecule has 3 aliphatic rings. The van der Waals surface area contributed by atoms with Gasteiger partial charge in [-0.3, -0.25) is 4.79 Å². The van der Waals surface area contributed by atoms with Crippen LogP contribution in [0.15, 0.2) is 4.52 Å². The fourth-order valence-corrected chi connectivity index (χ4v) is 3.67. The van der Waals surface area contributed by atoms with Crippen LogP contribution in [0.4, 0.5) is 0 Å². The summed E-state index contributed by atoms with van der Waals surface area (Å²) in [5.41, 5.74) is 0. The Labute approximate surface area is 123 Å². The molecular weight excluding hydrogens is 272 g/mol. The van der Waals surface area contributed by atoms with Crippen LogP contribution in [0.5, 0.6) is 0 Å². The lowest BCUT2D eigenvalue weighted by Crippen LogP contribution is -2.51. The van der Waals surface area contributed by atoms with E-state index in [4.69, 9.17) is 9.26 Å². The van der Waals surface area contributed by atoms with Gasteiger partial charge in [0.1, 0.15) is 0 Å². The summed E-state index contributed by atoms with van der Waals surface area (Å²) in [5, 5.41) is 7.19. The SMILES string of the molecule is O=C(c1noc(C2CCCN2)n1)N1CCOC2CCCC21. The monoisotopic (exact) mass is 292 g/mol. The van der Waals surface area contributed by atoms with Crippen molar-refractivity contribution in [3.8, 4) is 0 Å². The van der Waals surface area contributed by atoms with Crippen LogP contribution in [-0.4, -0.2) is 52.8 Å². The molecule has 3 fully saturated rings. The van der Waals surface area contributed by atoms with Crippen LogP contribution in [0.2, 0.25) is 0 Å². The molecule has 1 saturated carbocycles. The van der Waals surface area contributed by atoms with Gasteiger partial charge in [0.05, 0.1) is 24.8 Å².